The molecular weight excluding hydrogens is 540 g/mol. The normalized spacial score (nSPS) is 15.0. The van der Waals surface area contributed by atoms with Crippen LogP contribution in [0.4, 0.5) is 0 Å². The summed E-state index contributed by atoms with van der Waals surface area (Å²) >= 11 is 0. The van der Waals surface area contributed by atoms with Crippen LogP contribution in [0.2, 0.25) is 0 Å². The standard InChI is InChI=1S/C31H32N4O5S/c1-21(36)34-41(39,40)26-11-6-23(7-12-26)20-35(17-16-25-19-32-29-5-3-2-4-27(25)29)30-14-10-24-18-22(8-13-28(24)30)9-15-31(37)33-38/h2-9,11-13,15,18-19,30,32,38H,10,14,16-17,20H2,1H3,(H,33,37)(H,34,36)/b15-9+. The van der Waals surface area contributed by atoms with Gasteiger partial charge in [0.05, 0.1) is 4.90 Å². The molecule has 1 atom stereocenters. The minimum absolute atomic E-state index is 0.0449. The van der Waals surface area contributed by atoms with Crippen molar-refractivity contribution in [1.82, 2.24) is 20.1 Å². The monoisotopic (exact) mass is 572 g/mol. The molecule has 0 saturated carbocycles. The first-order chi connectivity index (χ1) is 19.7. The van der Waals surface area contributed by atoms with Gasteiger partial charge in [0, 0.05) is 49.2 Å². The maximum Gasteiger partial charge on any atom is 0.267 e. The zero-order valence-electron chi connectivity index (χ0n) is 22.6. The number of aromatic nitrogens is 1. The lowest BCUT2D eigenvalue weighted by Gasteiger charge is -2.30. The second kappa shape index (κ2) is 12.1. The molecule has 1 aliphatic carbocycles. The van der Waals surface area contributed by atoms with Crippen LogP contribution in [0.3, 0.4) is 0 Å². The summed E-state index contributed by atoms with van der Waals surface area (Å²) in [7, 11) is -3.90. The molecular formula is C31H32N4O5S. The molecule has 212 valence electrons. The number of rotatable bonds is 10. The number of nitrogens with zero attached hydrogens (tertiary/aromatic N) is 1. The molecule has 1 aromatic heterocycles. The first-order valence-corrected chi connectivity index (χ1v) is 14.9. The molecule has 0 radical (unpaired) electrons. The van der Waals surface area contributed by atoms with E-state index < -0.39 is 21.8 Å². The summed E-state index contributed by atoms with van der Waals surface area (Å²) in [4.78, 5) is 28.5. The van der Waals surface area contributed by atoms with Gasteiger partial charge in [0.1, 0.15) is 0 Å². The van der Waals surface area contributed by atoms with Crippen LogP contribution in [-0.2, 0) is 39.0 Å². The third-order valence-corrected chi connectivity index (χ3v) is 8.88. The predicted molar refractivity (Wildman–Crippen MR) is 156 cm³/mol. The third-order valence-electron chi connectivity index (χ3n) is 7.43. The number of hydrogen-bond acceptors (Lipinski definition) is 6. The highest BCUT2D eigenvalue weighted by molar-refractivity contribution is 7.90. The SMILES string of the molecule is CC(=O)NS(=O)(=O)c1ccc(CN(CCc2c[nH]c3ccccc23)C2CCc3cc(/C=C/C(=O)NO)ccc32)cc1. The average Bonchev–Trinajstić information content (AvgIpc) is 3.57. The minimum Gasteiger partial charge on any atom is -0.361 e. The van der Waals surface area contributed by atoms with Crippen LogP contribution in [0, 0.1) is 0 Å². The quantitative estimate of drug-likeness (QED) is 0.128. The largest absolute Gasteiger partial charge is 0.361 e. The number of H-pyrrole nitrogens is 1. The Hall–Kier alpha value is -4.25. The number of fused-ring (bicyclic) bond motifs is 2. The summed E-state index contributed by atoms with van der Waals surface area (Å²) in [6.45, 7) is 2.57. The van der Waals surface area contributed by atoms with Gasteiger partial charge in [0.15, 0.2) is 0 Å². The number of aromatic amines is 1. The van der Waals surface area contributed by atoms with E-state index >= 15 is 0 Å². The lowest BCUT2D eigenvalue weighted by atomic mass is 10.0. The number of para-hydroxylation sites is 1. The number of benzene rings is 3. The molecule has 9 nitrogen and oxygen atoms in total. The van der Waals surface area contributed by atoms with Gasteiger partial charge in [-0.15, -0.1) is 0 Å². The zero-order chi connectivity index (χ0) is 29.0. The molecule has 4 aromatic rings. The number of aryl methyl sites for hydroxylation is 1. The van der Waals surface area contributed by atoms with E-state index in [2.05, 4.69) is 40.3 Å². The minimum atomic E-state index is -3.90. The van der Waals surface area contributed by atoms with Gasteiger partial charge in [-0.2, -0.15) is 0 Å². The second-order valence-electron chi connectivity index (χ2n) is 10.2. The van der Waals surface area contributed by atoms with E-state index in [1.807, 2.05) is 22.9 Å². The number of sulfonamides is 1. The molecule has 10 heteroatoms. The van der Waals surface area contributed by atoms with E-state index in [1.54, 1.807) is 23.7 Å². The van der Waals surface area contributed by atoms with Crippen LogP contribution >= 0.6 is 0 Å². The van der Waals surface area contributed by atoms with Crippen molar-refractivity contribution in [2.75, 3.05) is 6.54 Å². The first kappa shape index (κ1) is 28.3. The van der Waals surface area contributed by atoms with Gasteiger partial charge < -0.3 is 4.98 Å². The van der Waals surface area contributed by atoms with Gasteiger partial charge in [0.2, 0.25) is 5.91 Å². The molecule has 0 aliphatic heterocycles. The predicted octanol–water partition coefficient (Wildman–Crippen LogP) is 4.24. The Morgan fingerprint density at radius 2 is 1.88 bits per heavy atom. The molecule has 1 aliphatic rings. The van der Waals surface area contributed by atoms with Gasteiger partial charge in [-0.05, 0) is 71.4 Å². The summed E-state index contributed by atoms with van der Waals surface area (Å²) in [6, 6.07) is 21.2. The Labute approximate surface area is 238 Å². The van der Waals surface area contributed by atoms with E-state index in [0.717, 1.165) is 42.5 Å². The van der Waals surface area contributed by atoms with Crippen LogP contribution in [0.25, 0.3) is 17.0 Å². The number of hydroxylamine groups is 1. The topological polar surface area (TPSA) is 132 Å². The molecule has 5 rings (SSSR count). The molecule has 3 aromatic carbocycles. The Morgan fingerprint density at radius 1 is 1.10 bits per heavy atom. The van der Waals surface area contributed by atoms with Crippen molar-refractivity contribution in [1.29, 1.82) is 0 Å². The maximum absolute atomic E-state index is 12.4. The summed E-state index contributed by atoms with van der Waals surface area (Å²) in [6.07, 6.45) is 7.69. The van der Waals surface area contributed by atoms with E-state index in [0.29, 0.717) is 6.54 Å². The second-order valence-corrected chi connectivity index (χ2v) is 11.9. The molecule has 0 bridgehead atoms. The van der Waals surface area contributed by atoms with Crippen molar-refractivity contribution in [3.8, 4) is 0 Å². The molecule has 0 fully saturated rings. The van der Waals surface area contributed by atoms with Gasteiger partial charge in [-0.1, -0.05) is 48.5 Å². The average molecular weight is 573 g/mol. The van der Waals surface area contributed by atoms with E-state index in [1.165, 1.54) is 47.2 Å². The molecule has 41 heavy (non-hydrogen) atoms. The first-order valence-electron chi connectivity index (χ1n) is 13.4. The molecule has 1 unspecified atom stereocenters. The maximum atomic E-state index is 12.4. The Balaban J connectivity index is 1.40. The summed E-state index contributed by atoms with van der Waals surface area (Å²) in [5.41, 5.74) is 8.25. The summed E-state index contributed by atoms with van der Waals surface area (Å²) in [5.74, 6) is -1.21. The van der Waals surface area contributed by atoms with Crippen LogP contribution in [0.15, 0.2) is 83.9 Å². The van der Waals surface area contributed by atoms with Gasteiger partial charge in [-0.3, -0.25) is 19.7 Å². The molecule has 4 N–H and O–H groups in total. The zero-order valence-corrected chi connectivity index (χ0v) is 23.4. The van der Waals surface area contributed by atoms with Gasteiger partial charge in [-0.25, -0.2) is 18.6 Å². The molecule has 1 heterocycles. The fourth-order valence-electron chi connectivity index (χ4n) is 5.51. The van der Waals surface area contributed by atoms with Crippen molar-refractivity contribution < 1.29 is 23.2 Å². The number of carbonyl (C=O) groups is 2. The Bertz CT molecular complexity index is 1710. The van der Waals surface area contributed by atoms with E-state index in [-0.39, 0.29) is 10.9 Å². The summed E-state index contributed by atoms with van der Waals surface area (Å²) < 4.78 is 26.8. The highest BCUT2D eigenvalue weighted by atomic mass is 32.2. The highest BCUT2D eigenvalue weighted by Gasteiger charge is 2.28. The number of amides is 2. The van der Waals surface area contributed by atoms with Gasteiger partial charge >= 0.3 is 0 Å². The highest BCUT2D eigenvalue weighted by Crippen LogP contribution is 2.37. The van der Waals surface area contributed by atoms with Crippen molar-refractivity contribution in [2.24, 2.45) is 0 Å². The smallest absolute Gasteiger partial charge is 0.267 e. The number of hydrogen-bond donors (Lipinski definition) is 4. The lowest BCUT2D eigenvalue weighted by molar-refractivity contribution is -0.124. The van der Waals surface area contributed by atoms with Crippen LogP contribution in [0.1, 0.15) is 47.2 Å². The number of carbonyl (C=O) groups excluding carboxylic acids is 2. The molecule has 2 amide bonds. The van der Waals surface area contributed by atoms with Crippen LogP contribution < -0.4 is 10.2 Å². The summed E-state index contributed by atoms with van der Waals surface area (Å²) in [5, 5.41) is 9.95. The molecule has 0 spiro atoms. The van der Waals surface area contributed by atoms with Crippen molar-refractivity contribution in [3.63, 3.8) is 0 Å². The van der Waals surface area contributed by atoms with Crippen LogP contribution in [-0.4, -0.2) is 41.9 Å². The van der Waals surface area contributed by atoms with Crippen molar-refractivity contribution >= 4 is 38.8 Å². The van der Waals surface area contributed by atoms with E-state index in [9.17, 15) is 18.0 Å². The Morgan fingerprint density at radius 3 is 2.63 bits per heavy atom. The molecule has 0 saturated heterocycles. The lowest BCUT2D eigenvalue weighted by Crippen LogP contribution is -2.30. The fraction of sp³-hybridized carbons (Fsp3) is 0.226. The van der Waals surface area contributed by atoms with Crippen LogP contribution in [0.5, 0.6) is 0 Å². The Kier molecular flexibility index (Phi) is 8.34. The van der Waals surface area contributed by atoms with Crippen molar-refractivity contribution in [2.45, 2.75) is 43.7 Å². The van der Waals surface area contributed by atoms with Crippen molar-refractivity contribution in [3.05, 3.63) is 107 Å². The fourth-order valence-corrected chi connectivity index (χ4v) is 6.50. The third kappa shape index (κ3) is 6.57. The number of nitrogens with one attached hydrogen (secondary N) is 3. The van der Waals surface area contributed by atoms with Gasteiger partial charge in [0.25, 0.3) is 15.9 Å². The van der Waals surface area contributed by atoms with E-state index in [4.69, 9.17) is 5.21 Å².